The first kappa shape index (κ1) is 17.4. The summed E-state index contributed by atoms with van der Waals surface area (Å²) in [5, 5.41) is 6.17. The molecule has 0 saturated heterocycles. The van der Waals surface area contributed by atoms with Gasteiger partial charge in [-0.1, -0.05) is 41.5 Å². The highest BCUT2D eigenvalue weighted by atomic mass is 16.1. The maximum atomic E-state index is 12.4. The van der Waals surface area contributed by atoms with E-state index < -0.39 is 0 Å². The maximum absolute atomic E-state index is 12.4. The van der Waals surface area contributed by atoms with Gasteiger partial charge >= 0.3 is 0 Å². The Morgan fingerprint density at radius 1 is 1.33 bits per heavy atom. The van der Waals surface area contributed by atoms with Crippen LogP contribution in [-0.2, 0) is 0 Å². The number of hydrogen-bond acceptors (Lipinski definition) is 4. The van der Waals surface area contributed by atoms with Crippen LogP contribution in [0, 0.1) is 5.41 Å². The number of amides is 1. The Morgan fingerprint density at radius 2 is 2.00 bits per heavy atom. The van der Waals surface area contributed by atoms with Gasteiger partial charge in [-0.25, -0.2) is 9.97 Å². The zero-order chi connectivity index (χ0) is 16.0. The van der Waals surface area contributed by atoms with Crippen LogP contribution in [0.3, 0.4) is 0 Å². The largest absolute Gasteiger partial charge is 0.382 e. The predicted octanol–water partition coefficient (Wildman–Crippen LogP) is 3.20. The van der Waals surface area contributed by atoms with Gasteiger partial charge in [-0.2, -0.15) is 0 Å². The van der Waals surface area contributed by atoms with Crippen molar-refractivity contribution in [1.82, 2.24) is 15.3 Å². The third kappa shape index (κ3) is 5.69. The minimum Gasteiger partial charge on any atom is -0.382 e. The number of hydrogen-bond donors (Lipinski definition) is 2. The molecule has 21 heavy (non-hydrogen) atoms. The number of rotatable bonds is 6. The summed E-state index contributed by atoms with van der Waals surface area (Å²) in [5.41, 5.74) is 1.18. The summed E-state index contributed by atoms with van der Waals surface area (Å²) in [6.07, 6.45) is 2.69. The van der Waals surface area contributed by atoms with Crippen LogP contribution in [0.5, 0.6) is 0 Å². The number of anilines is 1. The van der Waals surface area contributed by atoms with Crippen molar-refractivity contribution in [2.75, 3.05) is 18.4 Å². The average molecular weight is 292 g/mol. The quantitative estimate of drug-likeness (QED) is 0.845. The molecule has 0 radical (unpaired) electrons. The number of carbonyl (C=O) groups is 1. The zero-order valence-corrected chi connectivity index (χ0v) is 14.1. The minimum absolute atomic E-state index is 0.0422. The van der Waals surface area contributed by atoms with E-state index in [0.717, 1.165) is 13.0 Å². The highest BCUT2D eigenvalue weighted by Gasteiger charge is 2.18. The molecule has 1 aromatic heterocycles. The monoisotopic (exact) mass is 292 g/mol. The van der Waals surface area contributed by atoms with Gasteiger partial charge in [-0.15, -0.1) is 0 Å². The van der Waals surface area contributed by atoms with Crippen LogP contribution in [0.4, 0.5) is 5.69 Å². The third-order valence-electron chi connectivity index (χ3n) is 2.88. The standard InChI is InChI=1S/C16H28N4O/c1-7-8-17-12-9-18-14(11(2)3)20-13(12)15(21)19-10-16(4,5)6/h9,11,17H,7-8,10H2,1-6H3,(H,19,21). The molecule has 5 nitrogen and oxygen atoms in total. The van der Waals surface area contributed by atoms with E-state index >= 15 is 0 Å². The molecule has 1 heterocycles. The van der Waals surface area contributed by atoms with Crippen molar-refractivity contribution in [2.24, 2.45) is 5.41 Å². The number of carbonyl (C=O) groups excluding carboxylic acids is 1. The molecule has 0 bridgehead atoms. The molecule has 0 unspecified atom stereocenters. The van der Waals surface area contributed by atoms with Crippen molar-refractivity contribution in [3.8, 4) is 0 Å². The van der Waals surface area contributed by atoms with E-state index in [-0.39, 0.29) is 17.2 Å². The Labute approximate surface area is 128 Å². The lowest BCUT2D eigenvalue weighted by Gasteiger charge is -2.19. The summed E-state index contributed by atoms with van der Waals surface area (Å²) in [5.74, 6) is 0.741. The SMILES string of the molecule is CCCNc1cnc(C(C)C)nc1C(=O)NCC(C)(C)C. The van der Waals surface area contributed by atoms with E-state index in [4.69, 9.17) is 0 Å². The summed E-state index contributed by atoms with van der Waals surface area (Å²) >= 11 is 0. The number of nitrogens with one attached hydrogen (secondary N) is 2. The highest BCUT2D eigenvalue weighted by Crippen LogP contribution is 2.17. The summed E-state index contributed by atoms with van der Waals surface area (Å²) in [6.45, 7) is 13.8. The van der Waals surface area contributed by atoms with Crippen LogP contribution in [0.2, 0.25) is 0 Å². The lowest BCUT2D eigenvalue weighted by molar-refractivity contribution is 0.0934. The smallest absolute Gasteiger partial charge is 0.272 e. The fraction of sp³-hybridized carbons (Fsp3) is 0.688. The van der Waals surface area contributed by atoms with Gasteiger partial charge in [0, 0.05) is 19.0 Å². The van der Waals surface area contributed by atoms with Gasteiger partial charge in [0.05, 0.1) is 11.9 Å². The molecule has 1 rings (SSSR count). The Balaban J connectivity index is 2.98. The zero-order valence-electron chi connectivity index (χ0n) is 14.1. The van der Waals surface area contributed by atoms with Gasteiger partial charge in [0.25, 0.3) is 5.91 Å². The lowest BCUT2D eigenvalue weighted by atomic mass is 9.97. The van der Waals surface area contributed by atoms with E-state index in [0.29, 0.717) is 23.8 Å². The molecule has 0 aromatic carbocycles. The van der Waals surface area contributed by atoms with Gasteiger partial charge in [0.2, 0.25) is 0 Å². The second-order valence-corrected chi connectivity index (χ2v) is 6.82. The molecule has 1 amide bonds. The van der Waals surface area contributed by atoms with Crippen molar-refractivity contribution in [2.45, 2.75) is 53.9 Å². The second-order valence-electron chi connectivity index (χ2n) is 6.82. The van der Waals surface area contributed by atoms with Crippen LogP contribution in [0.1, 0.15) is 70.2 Å². The van der Waals surface area contributed by atoms with Crippen molar-refractivity contribution in [3.63, 3.8) is 0 Å². The van der Waals surface area contributed by atoms with E-state index in [2.05, 4.69) is 48.3 Å². The second kappa shape index (κ2) is 7.38. The van der Waals surface area contributed by atoms with Crippen LogP contribution in [-0.4, -0.2) is 29.0 Å². The van der Waals surface area contributed by atoms with E-state index in [9.17, 15) is 4.79 Å². The molecular weight excluding hydrogens is 264 g/mol. The fourth-order valence-corrected chi connectivity index (χ4v) is 1.66. The molecule has 1 aromatic rings. The Hall–Kier alpha value is -1.65. The fourth-order valence-electron chi connectivity index (χ4n) is 1.66. The molecule has 0 atom stereocenters. The molecule has 0 fully saturated rings. The minimum atomic E-state index is -0.146. The first-order chi connectivity index (χ1) is 9.74. The average Bonchev–Trinajstić information content (AvgIpc) is 2.41. The highest BCUT2D eigenvalue weighted by molar-refractivity contribution is 5.97. The lowest BCUT2D eigenvalue weighted by Crippen LogP contribution is -2.33. The molecule has 0 saturated carbocycles. The van der Waals surface area contributed by atoms with Crippen molar-refractivity contribution in [1.29, 1.82) is 0 Å². The number of aromatic nitrogens is 2. The van der Waals surface area contributed by atoms with Crippen molar-refractivity contribution < 1.29 is 4.79 Å². The van der Waals surface area contributed by atoms with Crippen molar-refractivity contribution in [3.05, 3.63) is 17.7 Å². The predicted molar refractivity (Wildman–Crippen MR) is 86.7 cm³/mol. The van der Waals surface area contributed by atoms with Crippen molar-refractivity contribution >= 4 is 11.6 Å². The summed E-state index contributed by atoms with van der Waals surface area (Å²) in [6, 6.07) is 0. The van der Waals surface area contributed by atoms with Crippen LogP contribution < -0.4 is 10.6 Å². The molecule has 0 aliphatic carbocycles. The van der Waals surface area contributed by atoms with Crippen LogP contribution in [0.15, 0.2) is 6.20 Å². The Morgan fingerprint density at radius 3 is 2.52 bits per heavy atom. The number of nitrogens with zero attached hydrogens (tertiary/aromatic N) is 2. The van der Waals surface area contributed by atoms with E-state index in [1.807, 2.05) is 13.8 Å². The van der Waals surface area contributed by atoms with Gasteiger partial charge in [-0.05, 0) is 11.8 Å². The summed E-state index contributed by atoms with van der Waals surface area (Å²) in [4.78, 5) is 21.2. The molecule has 0 aliphatic rings. The van der Waals surface area contributed by atoms with E-state index in [1.54, 1.807) is 6.20 Å². The maximum Gasteiger partial charge on any atom is 0.272 e. The van der Waals surface area contributed by atoms with E-state index in [1.165, 1.54) is 0 Å². The van der Waals surface area contributed by atoms with Gasteiger partial charge in [-0.3, -0.25) is 4.79 Å². The van der Waals surface area contributed by atoms with Gasteiger partial charge < -0.3 is 10.6 Å². The van der Waals surface area contributed by atoms with Gasteiger partial charge in [0.1, 0.15) is 5.82 Å². The molecule has 5 heteroatoms. The summed E-state index contributed by atoms with van der Waals surface area (Å²) in [7, 11) is 0. The molecular formula is C16H28N4O. The Bertz CT molecular complexity index is 478. The Kier molecular flexibility index (Phi) is 6.12. The van der Waals surface area contributed by atoms with Crippen LogP contribution in [0.25, 0.3) is 0 Å². The van der Waals surface area contributed by atoms with Crippen LogP contribution >= 0.6 is 0 Å². The molecule has 0 aliphatic heterocycles. The molecule has 118 valence electrons. The molecule has 0 spiro atoms. The topological polar surface area (TPSA) is 66.9 Å². The van der Waals surface area contributed by atoms with Gasteiger partial charge in [0.15, 0.2) is 5.69 Å². The normalized spacial score (nSPS) is 11.6. The third-order valence-corrected chi connectivity index (χ3v) is 2.88. The first-order valence-corrected chi connectivity index (χ1v) is 7.63. The first-order valence-electron chi connectivity index (χ1n) is 7.63. The summed E-state index contributed by atoms with van der Waals surface area (Å²) < 4.78 is 0. The molecule has 2 N–H and O–H groups in total.